The second kappa shape index (κ2) is 6.65. The Labute approximate surface area is 172 Å². The van der Waals surface area contributed by atoms with Gasteiger partial charge in [-0.05, 0) is 47.7 Å². The minimum absolute atomic E-state index is 0.200. The number of nitrogens with one attached hydrogen (secondary N) is 1. The molecule has 0 unspecified atom stereocenters. The zero-order valence-corrected chi connectivity index (χ0v) is 16.0. The van der Waals surface area contributed by atoms with Crippen molar-refractivity contribution in [2.45, 2.75) is 38.1 Å². The van der Waals surface area contributed by atoms with Gasteiger partial charge in [-0.3, -0.25) is 4.79 Å². The highest BCUT2D eigenvalue weighted by molar-refractivity contribution is 5.96. The first kappa shape index (κ1) is 19.7. The number of rotatable bonds is 3. The summed E-state index contributed by atoms with van der Waals surface area (Å²) in [5, 5.41) is 12.0. The van der Waals surface area contributed by atoms with E-state index in [0.717, 1.165) is 12.3 Å². The van der Waals surface area contributed by atoms with Gasteiger partial charge in [0.1, 0.15) is 11.4 Å². The number of carboxylic acid groups (broad SMARTS) is 1. The summed E-state index contributed by atoms with van der Waals surface area (Å²) in [7, 11) is 0. The van der Waals surface area contributed by atoms with E-state index in [1.54, 1.807) is 0 Å². The molecule has 2 N–H and O–H groups in total. The van der Waals surface area contributed by atoms with Crippen LogP contribution in [-0.2, 0) is 19.3 Å². The van der Waals surface area contributed by atoms with Gasteiger partial charge in [0, 0.05) is 36.3 Å². The maximum Gasteiger partial charge on any atom is 0.419 e. The number of aromatic nitrogens is 1. The number of pyridine rings is 1. The monoisotopic (exact) mass is 432 g/mol. The Kier molecular flexibility index (Phi) is 4.23. The molecule has 1 aromatic heterocycles. The normalized spacial score (nSPS) is 16.0. The highest BCUT2D eigenvalue weighted by Gasteiger charge is 2.40. The van der Waals surface area contributed by atoms with Crippen molar-refractivity contribution in [2.24, 2.45) is 0 Å². The molecule has 1 aliphatic heterocycles. The van der Waals surface area contributed by atoms with E-state index in [1.807, 2.05) is 0 Å². The van der Waals surface area contributed by atoms with Crippen LogP contribution >= 0.6 is 0 Å². The van der Waals surface area contributed by atoms with E-state index in [2.05, 4.69) is 5.32 Å². The van der Waals surface area contributed by atoms with Gasteiger partial charge in [-0.1, -0.05) is 6.07 Å². The molecule has 0 bridgehead atoms. The second-order valence-electron chi connectivity index (χ2n) is 7.90. The molecule has 2 heterocycles. The third-order valence-corrected chi connectivity index (χ3v) is 5.86. The average molecular weight is 432 g/mol. The molecule has 3 aromatic rings. The van der Waals surface area contributed by atoms with Crippen LogP contribution in [0, 0.1) is 5.82 Å². The summed E-state index contributed by atoms with van der Waals surface area (Å²) in [5.74, 6) is -2.29. The molecule has 9 heteroatoms. The summed E-state index contributed by atoms with van der Waals surface area (Å²) < 4.78 is 59.2. The molecule has 31 heavy (non-hydrogen) atoms. The topological polar surface area (TPSA) is 71.3 Å². The molecule has 0 atom stereocenters. The number of carbonyl (C=O) groups is 1. The van der Waals surface area contributed by atoms with E-state index in [1.165, 1.54) is 22.8 Å². The maximum atomic E-state index is 14.9. The Bertz CT molecular complexity index is 1320. The predicted octanol–water partition coefficient (Wildman–Crippen LogP) is 4.46. The van der Waals surface area contributed by atoms with Crippen molar-refractivity contribution >= 4 is 16.9 Å². The van der Waals surface area contributed by atoms with Crippen molar-refractivity contribution in [1.82, 2.24) is 9.88 Å². The van der Waals surface area contributed by atoms with Gasteiger partial charge in [0.15, 0.2) is 0 Å². The number of fused-ring (bicyclic) bond motifs is 2. The lowest BCUT2D eigenvalue weighted by Gasteiger charge is -2.21. The van der Waals surface area contributed by atoms with Gasteiger partial charge in [0.25, 0.3) is 0 Å². The van der Waals surface area contributed by atoms with Crippen LogP contribution in [0.25, 0.3) is 22.0 Å². The maximum absolute atomic E-state index is 14.9. The summed E-state index contributed by atoms with van der Waals surface area (Å²) in [6, 6.07) is 4.52. The average Bonchev–Trinajstić information content (AvgIpc) is 3.44. The summed E-state index contributed by atoms with van der Waals surface area (Å²) in [6.07, 6.45) is -2.78. The van der Waals surface area contributed by atoms with Crippen LogP contribution in [0.5, 0.6) is 0 Å². The molecule has 2 aromatic carbocycles. The highest BCUT2D eigenvalue weighted by Crippen LogP contribution is 2.45. The predicted molar refractivity (Wildman–Crippen MR) is 104 cm³/mol. The first-order valence-electron chi connectivity index (χ1n) is 9.71. The summed E-state index contributed by atoms with van der Waals surface area (Å²) >= 11 is 0. The van der Waals surface area contributed by atoms with E-state index in [9.17, 15) is 32.3 Å². The van der Waals surface area contributed by atoms with Crippen molar-refractivity contribution in [1.29, 1.82) is 0 Å². The fourth-order valence-electron chi connectivity index (χ4n) is 4.28. The van der Waals surface area contributed by atoms with Gasteiger partial charge < -0.3 is 15.0 Å². The van der Waals surface area contributed by atoms with Crippen LogP contribution < -0.4 is 10.7 Å². The smallest absolute Gasteiger partial charge is 0.419 e. The molecule has 5 rings (SSSR count). The van der Waals surface area contributed by atoms with E-state index in [4.69, 9.17) is 0 Å². The zero-order valence-electron chi connectivity index (χ0n) is 16.0. The molecular formula is C22H16F4N2O3. The van der Waals surface area contributed by atoms with Crippen LogP contribution in [0.3, 0.4) is 0 Å². The lowest BCUT2D eigenvalue weighted by molar-refractivity contribution is -0.136. The minimum Gasteiger partial charge on any atom is -0.477 e. The SMILES string of the molecule is O=C(O)c1cn(C2CC2)c2c(C(F)(F)F)c(-c3cc4c(cc3F)CNC4)ccc2c1=O. The van der Waals surface area contributed by atoms with E-state index < -0.39 is 40.0 Å². The van der Waals surface area contributed by atoms with Gasteiger partial charge in [0.2, 0.25) is 5.43 Å². The van der Waals surface area contributed by atoms with Crippen LogP contribution in [-0.4, -0.2) is 15.6 Å². The number of hydrogen-bond donors (Lipinski definition) is 2. The minimum atomic E-state index is -4.90. The Hall–Kier alpha value is -3.20. The Morgan fingerprint density at radius 2 is 1.77 bits per heavy atom. The van der Waals surface area contributed by atoms with Crippen molar-refractivity contribution in [3.8, 4) is 11.1 Å². The molecule has 5 nitrogen and oxygen atoms in total. The summed E-state index contributed by atoms with van der Waals surface area (Å²) in [5.41, 5.74) is -2.28. The number of hydrogen-bond acceptors (Lipinski definition) is 3. The third-order valence-electron chi connectivity index (χ3n) is 5.86. The third kappa shape index (κ3) is 3.11. The quantitative estimate of drug-likeness (QED) is 0.600. The molecule has 0 saturated heterocycles. The van der Waals surface area contributed by atoms with E-state index in [-0.39, 0.29) is 22.6 Å². The standard InChI is InChI=1S/C22H16F4N2O3/c23-17-6-11-8-27-7-10(11)5-15(17)13-3-4-14-19(18(13)22(24,25)26)28(12-1-2-12)9-16(20(14)29)21(30)31/h3-6,9,12,27H,1-2,7-8H2,(H,30,31). The second-order valence-corrected chi connectivity index (χ2v) is 7.90. The van der Waals surface area contributed by atoms with E-state index in [0.29, 0.717) is 37.1 Å². The Balaban J connectivity index is 1.90. The number of nitrogens with zero attached hydrogens (tertiary/aromatic N) is 1. The zero-order chi connectivity index (χ0) is 22.1. The molecule has 2 aliphatic rings. The number of alkyl halides is 3. The Morgan fingerprint density at radius 3 is 2.39 bits per heavy atom. The van der Waals surface area contributed by atoms with Crippen molar-refractivity contribution in [2.75, 3.05) is 0 Å². The lowest BCUT2D eigenvalue weighted by Crippen LogP contribution is -2.21. The van der Waals surface area contributed by atoms with E-state index >= 15 is 0 Å². The number of aromatic carboxylic acids is 1. The molecule has 1 fully saturated rings. The van der Waals surface area contributed by atoms with Gasteiger partial charge in [-0.15, -0.1) is 0 Å². The van der Waals surface area contributed by atoms with Crippen molar-refractivity contribution < 1.29 is 27.5 Å². The van der Waals surface area contributed by atoms with Gasteiger partial charge >= 0.3 is 12.1 Å². The highest BCUT2D eigenvalue weighted by atomic mass is 19.4. The van der Waals surface area contributed by atoms with Crippen LogP contribution in [0.2, 0.25) is 0 Å². The summed E-state index contributed by atoms with van der Waals surface area (Å²) in [6.45, 7) is 0.863. The molecule has 0 spiro atoms. The summed E-state index contributed by atoms with van der Waals surface area (Å²) in [4.78, 5) is 24.2. The molecular weight excluding hydrogens is 416 g/mol. The van der Waals surface area contributed by atoms with Crippen molar-refractivity contribution in [3.63, 3.8) is 0 Å². The first-order chi connectivity index (χ1) is 14.7. The largest absolute Gasteiger partial charge is 0.477 e. The van der Waals surface area contributed by atoms with Crippen LogP contribution in [0.15, 0.2) is 35.3 Å². The molecule has 1 aliphatic carbocycles. The molecule has 160 valence electrons. The first-order valence-corrected chi connectivity index (χ1v) is 9.71. The fourth-order valence-corrected chi connectivity index (χ4v) is 4.28. The molecule has 0 amide bonds. The molecule has 0 radical (unpaired) electrons. The lowest BCUT2D eigenvalue weighted by atomic mass is 9.93. The van der Waals surface area contributed by atoms with Crippen molar-refractivity contribution in [3.05, 3.63) is 68.8 Å². The van der Waals surface area contributed by atoms with Gasteiger partial charge in [-0.2, -0.15) is 13.2 Å². The van der Waals surface area contributed by atoms with Gasteiger partial charge in [0.05, 0.1) is 11.1 Å². The molecule has 1 saturated carbocycles. The van der Waals surface area contributed by atoms with Crippen LogP contribution in [0.1, 0.15) is 45.9 Å². The Morgan fingerprint density at radius 1 is 1.10 bits per heavy atom. The fraction of sp³-hybridized carbons (Fsp3) is 0.273. The number of carboxylic acids is 1. The number of halogens is 4. The van der Waals surface area contributed by atoms with Crippen LogP contribution in [0.4, 0.5) is 17.6 Å². The van der Waals surface area contributed by atoms with Gasteiger partial charge in [-0.25, -0.2) is 9.18 Å². The number of benzene rings is 2.